The number of ketones is 1. The van der Waals surface area contributed by atoms with Crippen LogP contribution in [0.4, 0.5) is 0 Å². The number of hydrogen-bond donors (Lipinski definition) is 1. The van der Waals surface area contributed by atoms with Crippen LogP contribution in [0.2, 0.25) is 0 Å². The van der Waals surface area contributed by atoms with E-state index < -0.39 is 5.92 Å². The second-order valence-corrected chi connectivity index (χ2v) is 6.98. The molecule has 3 rings (SSSR count). The van der Waals surface area contributed by atoms with Crippen LogP contribution in [-0.2, 0) is 11.3 Å². The van der Waals surface area contributed by atoms with Crippen LogP contribution in [0.3, 0.4) is 0 Å². The van der Waals surface area contributed by atoms with Crippen LogP contribution in [0.15, 0.2) is 54.6 Å². The number of Topliss-reactive ketones (excluding diaryl/α,β-unsaturated/α-hetero) is 1. The Labute approximate surface area is 151 Å². The summed E-state index contributed by atoms with van der Waals surface area (Å²) in [4.78, 5) is 16.9. The number of nitrogens with zero attached hydrogens (tertiary/aromatic N) is 2. The number of quaternary nitrogens is 1. The summed E-state index contributed by atoms with van der Waals surface area (Å²) in [5.41, 5.74) is 2.13. The Morgan fingerprint density at radius 3 is 2.68 bits per heavy atom. The van der Waals surface area contributed by atoms with Crippen molar-refractivity contribution in [1.82, 2.24) is 4.98 Å². The molecule has 2 N–H and O–H groups in total. The highest BCUT2D eigenvalue weighted by molar-refractivity contribution is 7.18. The van der Waals surface area contributed by atoms with Gasteiger partial charge >= 0.3 is 0 Å². The van der Waals surface area contributed by atoms with Crippen LogP contribution in [0.1, 0.15) is 29.3 Å². The molecule has 3 aromatic rings. The van der Waals surface area contributed by atoms with E-state index in [1.807, 2.05) is 42.5 Å². The third kappa shape index (κ3) is 4.50. The van der Waals surface area contributed by atoms with Gasteiger partial charge in [-0.1, -0.05) is 42.5 Å². The smallest absolute Gasteiger partial charge is 0.157 e. The molecule has 4 nitrogen and oxygen atoms in total. The molecule has 0 aliphatic rings. The molecule has 2 aromatic carbocycles. The standard InChI is InChI=1S/C20H19N3OS/c21-13-16(20-23-17-9-4-5-11-19(17)25-20)18(24)10-6-12-22-14-15-7-2-1-3-8-15/h1-5,7-9,11,16,22H,6,10,12,14H2/p+1/t16-/m0/s1. The molecule has 1 aromatic heterocycles. The lowest BCUT2D eigenvalue weighted by Gasteiger charge is -2.05. The molecule has 0 radical (unpaired) electrons. The highest BCUT2D eigenvalue weighted by atomic mass is 32.1. The summed E-state index contributed by atoms with van der Waals surface area (Å²) < 4.78 is 1.02. The number of aromatic nitrogens is 1. The van der Waals surface area contributed by atoms with E-state index in [1.165, 1.54) is 16.9 Å². The number of nitrogens with two attached hydrogens (primary N) is 1. The number of benzene rings is 2. The van der Waals surface area contributed by atoms with Crippen molar-refractivity contribution >= 4 is 27.3 Å². The molecular weight excluding hydrogens is 330 g/mol. The van der Waals surface area contributed by atoms with Crippen LogP contribution >= 0.6 is 11.3 Å². The van der Waals surface area contributed by atoms with Gasteiger partial charge in [0.25, 0.3) is 0 Å². The first-order valence-corrected chi connectivity index (χ1v) is 9.23. The lowest BCUT2D eigenvalue weighted by atomic mass is 10.0. The highest BCUT2D eigenvalue weighted by Crippen LogP contribution is 2.28. The van der Waals surface area contributed by atoms with Crippen LogP contribution in [0.25, 0.3) is 10.2 Å². The van der Waals surface area contributed by atoms with E-state index in [9.17, 15) is 10.1 Å². The maximum Gasteiger partial charge on any atom is 0.157 e. The van der Waals surface area contributed by atoms with Crippen molar-refractivity contribution in [3.63, 3.8) is 0 Å². The topological polar surface area (TPSA) is 70.4 Å². The molecule has 0 unspecified atom stereocenters. The van der Waals surface area contributed by atoms with Crippen LogP contribution in [-0.4, -0.2) is 17.3 Å². The van der Waals surface area contributed by atoms with Crippen molar-refractivity contribution < 1.29 is 10.1 Å². The summed E-state index contributed by atoms with van der Waals surface area (Å²) in [6.45, 7) is 1.78. The molecular formula is C20H20N3OS+. The van der Waals surface area contributed by atoms with Gasteiger partial charge in [-0.2, -0.15) is 5.26 Å². The van der Waals surface area contributed by atoms with Crippen molar-refractivity contribution in [1.29, 1.82) is 5.26 Å². The van der Waals surface area contributed by atoms with Gasteiger partial charge in [-0.15, -0.1) is 11.3 Å². The Morgan fingerprint density at radius 2 is 1.92 bits per heavy atom. The fraction of sp³-hybridized carbons (Fsp3) is 0.250. The predicted molar refractivity (Wildman–Crippen MR) is 99.2 cm³/mol. The van der Waals surface area contributed by atoms with Gasteiger partial charge in [-0.3, -0.25) is 4.79 Å². The van der Waals surface area contributed by atoms with Gasteiger partial charge in [0.2, 0.25) is 0 Å². The second-order valence-electron chi connectivity index (χ2n) is 5.92. The SMILES string of the molecule is N#C[C@@H](C(=O)CCC[NH2+]Cc1ccccc1)c1nc2ccccc2s1. The monoisotopic (exact) mass is 350 g/mol. The first kappa shape index (κ1) is 17.3. The first-order chi connectivity index (χ1) is 12.3. The van der Waals surface area contributed by atoms with Crippen molar-refractivity contribution in [2.75, 3.05) is 6.54 Å². The molecule has 0 saturated heterocycles. The summed E-state index contributed by atoms with van der Waals surface area (Å²) in [6, 6.07) is 20.1. The highest BCUT2D eigenvalue weighted by Gasteiger charge is 2.23. The van der Waals surface area contributed by atoms with Crippen molar-refractivity contribution in [3.8, 4) is 6.07 Å². The zero-order chi connectivity index (χ0) is 17.5. The molecule has 0 fully saturated rings. The fourth-order valence-electron chi connectivity index (χ4n) is 2.73. The molecule has 5 heteroatoms. The quantitative estimate of drug-likeness (QED) is 0.635. The summed E-state index contributed by atoms with van der Waals surface area (Å²) in [7, 11) is 0. The van der Waals surface area contributed by atoms with E-state index in [0.29, 0.717) is 11.4 Å². The second kappa shape index (κ2) is 8.52. The van der Waals surface area contributed by atoms with Crippen LogP contribution < -0.4 is 5.32 Å². The molecule has 0 bridgehead atoms. The van der Waals surface area contributed by atoms with Gasteiger partial charge in [0.1, 0.15) is 11.6 Å². The molecule has 0 aliphatic heterocycles. The van der Waals surface area contributed by atoms with Crippen molar-refractivity contribution in [3.05, 3.63) is 65.2 Å². The minimum atomic E-state index is -0.744. The predicted octanol–water partition coefficient (Wildman–Crippen LogP) is 3.02. The summed E-state index contributed by atoms with van der Waals surface area (Å²) >= 11 is 1.44. The zero-order valence-corrected chi connectivity index (χ0v) is 14.7. The maximum atomic E-state index is 12.4. The Kier molecular flexibility index (Phi) is 5.89. The molecule has 0 saturated carbocycles. The average Bonchev–Trinajstić information content (AvgIpc) is 3.06. The van der Waals surface area contributed by atoms with Gasteiger partial charge in [0.15, 0.2) is 11.7 Å². The van der Waals surface area contributed by atoms with Crippen molar-refractivity contribution in [2.24, 2.45) is 0 Å². The number of thiazole rings is 1. The summed E-state index contributed by atoms with van der Waals surface area (Å²) in [5.74, 6) is -0.777. The number of carbonyl (C=O) groups excluding carboxylic acids is 1. The van der Waals surface area contributed by atoms with Crippen molar-refractivity contribution in [2.45, 2.75) is 25.3 Å². The Morgan fingerprint density at radius 1 is 1.16 bits per heavy atom. The third-order valence-corrected chi connectivity index (χ3v) is 5.16. The van der Waals surface area contributed by atoms with E-state index in [1.54, 1.807) is 0 Å². The minimum Gasteiger partial charge on any atom is -0.342 e. The van der Waals surface area contributed by atoms with Gasteiger partial charge in [-0.25, -0.2) is 4.98 Å². The van der Waals surface area contributed by atoms with E-state index in [0.717, 1.165) is 29.7 Å². The first-order valence-electron chi connectivity index (χ1n) is 8.41. The van der Waals surface area contributed by atoms with E-state index >= 15 is 0 Å². The third-order valence-electron chi connectivity index (χ3n) is 4.06. The lowest BCUT2D eigenvalue weighted by Crippen LogP contribution is -2.82. The van der Waals surface area contributed by atoms with E-state index in [2.05, 4.69) is 28.5 Å². The number of fused-ring (bicyclic) bond motifs is 1. The lowest BCUT2D eigenvalue weighted by molar-refractivity contribution is -0.670. The van der Waals surface area contributed by atoms with Crippen LogP contribution in [0, 0.1) is 11.3 Å². The van der Waals surface area contributed by atoms with E-state index in [4.69, 9.17) is 0 Å². The molecule has 0 aliphatic carbocycles. The number of nitriles is 1. The largest absolute Gasteiger partial charge is 0.342 e. The number of hydrogen-bond acceptors (Lipinski definition) is 4. The van der Waals surface area contributed by atoms with E-state index in [-0.39, 0.29) is 5.78 Å². The molecule has 0 amide bonds. The van der Waals surface area contributed by atoms with Gasteiger partial charge < -0.3 is 5.32 Å². The van der Waals surface area contributed by atoms with Gasteiger partial charge in [0.05, 0.1) is 22.8 Å². The maximum absolute atomic E-state index is 12.4. The van der Waals surface area contributed by atoms with Gasteiger partial charge in [0, 0.05) is 18.4 Å². The van der Waals surface area contributed by atoms with Gasteiger partial charge in [-0.05, 0) is 12.1 Å². The normalized spacial score (nSPS) is 12.0. The Hall–Kier alpha value is -2.55. The van der Waals surface area contributed by atoms with Crippen LogP contribution in [0.5, 0.6) is 0 Å². The molecule has 1 heterocycles. The number of carbonyl (C=O) groups is 1. The fourth-order valence-corrected chi connectivity index (χ4v) is 3.76. The Bertz CT molecular complexity index is 850. The minimum absolute atomic E-state index is 0.0327. The summed E-state index contributed by atoms with van der Waals surface area (Å²) in [6.07, 6.45) is 1.19. The molecule has 126 valence electrons. The summed E-state index contributed by atoms with van der Waals surface area (Å²) in [5, 5.41) is 12.2. The molecule has 0 spiro atoms. The zero-order valence-electron chi connectivity index (χ0n) is 13.9. The molecule has 1 atom stereocenters. The molecule has 25 heavy (non-hydrogen) atoms. The Balaban J connectivity index is 1.50. The number of para-hydroxylation sites is 1. The number of rotatable bonds is 8. The average molecular weight is 350 g/mol.